The number of nitrogens with zero attached hydrogens (tertiary/aromatic N) is 1. The largest absolute Gasteiger partial charge is 0.488 e. The topological polar surface area (TPSA) is 31.2 Å². The van der Waals surface area contributed by atoms with E-state index in [2.05, 4.69) is 0 Å². The van der Waals surface area contributed by atoms with Gasteiger partial charge in [0, 0.05) is 17.4 Å². The summed E-state index contributed by atoms with van der Waals surface area (Å²) in [4.78, 5) is 12.7. The average Bonchev–Trinajstić information content (AvgIpc) is 2.81. The molecule has 0 fully saturated rings. The Balaban J connectivity index is 0.00000120. The molecular formula is C26H37NO2. The summed E-state index contributed by atoms with van der Waals surface area (Å²) in [5, 5.41) is 0. The van der Waals surface area contributed by atoms with Gasteiger partial charge < -0.3 is 4.74 Å². The maximum atomic E-state index is 12.7. The molecule has 29 heavy (non-hydrogen) atoms. The van der Waals surface area contributed by atoms with Gasteiger partial charge in [-0.1, -0.05) is 90.1 Å². The Hall–Kier alpha value is -2.81. The Kier molecular flexibility index (Phi) is 13.7. The molecule has 0 aliphatic carbocycles. The zero-order valence-corrected chi connectivity index (χ0v) is 19.3. The molecule has 0 amide bonds. The summed E-state index contributed by atoms with van der Waals surface area (Å²) in [6, 6.07) is 21.5. The van der Waals surface area contributed by atoms with Gasteiger partial charge in [0.05, 0.1) is 5.56 Å². The predicted molar refractivity (Wildman–Crippen MR) is 126 cm³/mol. The summed E-state index contributed by atoms with van der Waals surface area (Å²) < 4.78 is 7.58. The Labute approximate surface area is 177 Å². The van der Waals surface area contributed by atoms with E-state index in [1.54, 1.807) is 4.57 Å². The minimum Gasteiger partial charge on any atom is -0.488 e. The van der Waals surface area contributed by atoms with E-state index >= 15 is 0 Å². The Bertz CT molecular complexity index is 853. The van der Waals surface area contributed by atoms with Crippen molar-refractivity contribution in [1.29, 1.82) is 0 Å². The second-order valence-electron chi connectivity index (χ2n) is 5.53. The van der Waals surface area contributed by atoms with Crippen molar-refractivity contribution in [2.24, 2.45) is 0 Å². The Morgan fingerprint density at radius 3 is 1.76 bits per heavy atom. The number of benzene rings is 2. The normalized spacial score (nSPS) is 8.97. The maximum Gasteiger partial charge on any atom is 0.261 e. The van der Waals surface area contributed by atoms with Gasteiger partial charge in [-0.05, 0) is 31.5 Å². The highest BCUT2D eigenvalue weighted by Gasteiger charge is 2.11. The van der Waals surface area contributed by atoms with Crippen LogP contribution in [0.5, 0.6) is 5.75 Å². The highest BCUT2D eigenvalue weighted by atomic mass is 16.5. The van der Waals surface area contributed by atoms with Gasteiger partial charge in [-0.25, -0.2) is 0 Å². The number of hydrogen-bond donors (Lipinski definition) is 0. The van der Waals surface area contributed by atoms with Crippen molar-refractivity contribution in [3.05, 3.63) is 93.9 Å². The third-order valence-electron chi connectivity index (χ3n) is 3.84. The van der Waals surface area contributed by atoms with Crippen molar-refractivity contribution >= 4 is 0 Å². The van der Waals surface area contributed by atoms with Crippen LogP contribution in [0, 0.1) is 13.8 Å². The summed E-state index contributed by atoms with van der Waals surface area (Å²) >= 11 is 0. The van der Waals surface area contributed by atoms with Gasteiger partial charge >= 0.3 is 0 Å². The Morgan fingerprint density at radius 1 is 0.759 bits per heavy atom. The molecule has 0 atom stereocenters. The minimum absolute atomic E-state index is 0.0424. The SMILES string of the molecule is CC.CC.CC.Cc1c(OCc2ccccc2)cc(C)n(-c2ccccc2)c1=O. The molecule has 3 aromatic rings. The molecule has 0 aliphatic heterocycles. The molecule has 0 radical (unpaired) electrons. The molecule has 0 bridgehead atoms. The summed E-state index contributed by atoms with van der Waals surface area (Å²) in [6.45, 7) is 16.2. The molecule has 0 saturated carbocycles. The number of aryl methyl sites for hydroxylation is 1. The van der Waals surface area contributed by atoms with Crippen molar-refractivity contribution in [2.45, 2.75) is 62.0 Å². The number of rotatable bonds is 4. The van der Waals surface area contributed by atoms with Crippen LogP contribution in [-0.2, 0) is 6.61 Å². The van der Waals surface area contributed by atoms with E-state index in [4.69, 9.17) is 4.74 Å². The highest BCUT2D eigenvalue weighted by molar-refractivity contribution is 5.40. The highest BCUT2D eigenvalue weighted by Crippen LogP contribution is 2.19. The lowest BCUT2D eigenvalue weighted by molar-refractivity contribution is 0.302. The van der Waals surface area contributed by atoms with Gasteiger partial charge in [0.15, 0.2) is 0 Å². The average molecular weight is 396 g/mol. The number of ether oxygens (including phenoxy) is 1. The van der Waals surface area contributed by atoms with E-state index in [9.17, 15) is 4.79 Å². The molecule has 3 rings (SSSR count). The van der Waals surface area contributed by atoms with Gasteiger partial charge in [0.2, 0.25) is 0 Å². The first-order valence-corrected chi connectivity index (χ1v) is 10.6. The van der Waals surface area contributed by atoms with E-state index < -0.39 is 0 Å². The van der Waals surface area contributed by atoms with Crippen molar-refractivity contribution in [3.63, 3.8) is 0 Å². The summed E-state index contributed by atoms with van der Waals surface area (Å²) in [6.07, 6.45) is 0. The molecule has 0 aliphatic rings. The molecule has 158 valence electrons. The number of aromatic nitrogens is 1. The van der Waals surface area contributed by atoms with Crippen LogP contribution >= 0.6 is 0 Å². The van der Waals surface area contributed by atoms with Gasteiger partial charge in [-0.2, -0.15) is 0 Å². The number of hydrogen-bond acceptors (Lipinski definition) is 2. The van der Waals surface area contributed by atoms with Crippen LogP contribution < -0.4 is 10.3 Å². The van der Waals surface area contributed by atoms with Crippen molar-refractivity contribution in [2.75, 3.05) is 0 Å². The molecule has 0 saturated heterocycles. The van der Waals surface area contributed by atoms with Crippen LogP contribution in [0.15, 0.2) is 71.5 Å². The molecule has 0 spiro atoms. The molecular weight excluding hydrogens is 358 g/mol. The zero-order chi connectivity index (χ0) is 22.2. The van der Waals surface area contributed by atoms with Crippen molar-refractivity contribution < 1.29 is 4.74 Å². The smallest absolute Gasteiger partial charge is 0.261 e. The van der Waals surface area contributed by atoms with Crippen LogP contribution in [-0.4, -0.2) is 4.57 Å². The monoisotopic (exact) mass is 395 g/mol. The summed E-state index contributed by atoms with van der Waals surface area (Å²) in [7, 11) is 0. The number of pyridine rings is 1. The van der Waals surface area contributed by atoms with Crippen LogP contribution in [0.25, 0.3) is 5.69 Å². The summed E-state index contributed by atoms with van der Waals surface area (Å²) in [5.41, 5.74) is 3.38. The molecule has 0 unspecified atom stereocenters. The lowest BCUT2D eigenvalue weighted by Gasteiger charge is -2.15. The van der Waals surface area contributed by atoms with Crippen LogP contribution in [0.4, 0.5) is 0 Å². The fourth-order valence-electron chi connectivity index (χ4n) is 2.58. The van der Waals surface area contributed by atoms with E-state index in [0.717, 1.165) is 16.9 Å². The zero-order valence-electron chi connectivity index (χ0n) is 19.3. The number of para-hydroxylation sites is 1. The third kappa shape index (κ3) is 7.61. The van der Waals surface area contributed by atoms with Gasteiger partial charge in [0.1, 0.15) is 12.4 Å². The first-order chi connectivity index (χ1) is 14.2. The Morgan fingerprint density at radius 2 is 1.24 bits per heavy atom. The van der Waals surface area contributed by atoms with Gasteiger partial charge in [-0.3, -0.25) is 9.36 Å². The molecule has 1 heterocycles. The van der Waals surface area contributed by atoms with E-state index in [0.29, 0.717) is 17.9 Å². The quantitative estimate of drug-likeness (QED) is 0.471. The van der Waals surface area contributed by atoms with Crippen molar-refractivity contribution in [3.8, 4) is 11.4 Å². The van der Waals surface area contributed by atoms with Crippen molar-refractivity contribution in [1.82, 2.24) is 4.57 Å². The van der Waals surface area contributed by atoms with Crippen LogP contribution in [0.1, 0.15) is 58.4 Å². The van der Waals surface area contributed by atoms with E-state index in [-0.39, 0.29) is 5.56 Å². The standard InChI is InChI=1S/C20H19NO2.3C2H6/c1-15-13-19(23-14-17-9-5-3-6-10-17)16(2)20(22)21(15)18-11-7-4-8-12-18;3*1-2/h3-13H,14H2,1-2H3;3*1-2H3. The minimum atomic E-state index is -0.0424. The first kappa shape index (κ1) is 26.2. The third-order valence-corrected chi connectivity index (χ3v) is 3.84. The predicted octanol–water partition coefficient (Wildman–Crippen LogP) is 7.11. The second-order valence-corrected chi connectivity index (χ2v) is 5.53. The van der Waals surface area contributed by atoms with E-state index in [1.807, 2.05) is 122 Å². The first-order valence-electron chi connectivity index (χ1n) is 10.6. The lowest BCUT2D eigenvalue weighted by atomic mass is 10.2. The molecule has 2 aromatic carbocycles. The van der Waals surface area contributed by atoms with E-state index in [1.165, 1.54) is 0 Å². The molecule has 0 N–H and O–H groups in total. The molecule has 3 heteroatoms. The van der Waals surface area contributed by atoms with Crippen LogP contribution in [0.2, 0.25) is 0 Å². The second kappa shape index (κ2) is 15.2. The summed E-state index contributed by atoms with van der Waals surface area (Å²) in [5.74, 6) is 0.642. The molecule has 3 nitrogen and oxygen atoms in total. The van der Waals surface area contributed by atoms with Crippen LogP contribution in [0.3, 0.4) is 0 Å². The van der Waals surface area contributed by atoms with Gasteiger partial charge in [0.25, 0.3) is 5.56 Å². The maximum absolute atomic E-state index is 12.7. The fraction of sp³-hybridized carbons (Fsp3) is 0.346. The van der Waals surface area contributed by atoms with Gasteiger partial charge in [-0.15, -0.1) is 0 Å². The lowest BCUT2D eigenvalue weighted by Crippen LogP contribution is -2.23. The fourth-order valence-corrected chi connectivity index (χ4v) is 2.58. The molecule has 1 aromatic heterocycles.